The highest BCUT2D eigenvalue weighted by Gasteiger charge is 2.41. The van der Waals surface area contributed by atoms with Crippen molar-refractivity contribution in [2.45, 2.75) is 57.3 Å². The quantitative estimate of drug-likeness (QED) is 0.822. The van der Waals surface area contributed by atoms with Gasteiger partial charge in [0.25, 0.3) is 0 Å². The Balaban J connectivity index is 2.22. The number of nitrogens with zero attached hydrogens (tertiary/aromatic N) is 2. The second kappa shape index (κ2) is 5.34. The third kappa shape index (κ3) is 2.41. The van der Waals surface area contributed by atoms with Crippen LogP contribution in [0.2, 0.25) is 0 Å². The number of aromatic nitrogens is 2. The van der Waals surface area contributed by atoms with Crippen LogP contribution >= 0.6 is 0 Å². The van der Waals surface area contributed by atoms with Gasteiger partial charge in [0, 0.05) is 6.61 Å². The van der Waals surface area contributed by atoms with Gasteiger partial charge in [-0.25, -0.2) is 0 Å². The molecule has 18 heavy (non-hydrogen) atoms. The van der Waals surface area contributed by atoms with Gasteiger partial charge in [0.15, 0.2) is 0 Å². The van der Waals surface area contributed by atoms with Crippen molar-refractivity contribution in [1.29, 1.82) is 0 Å². The molecule has 0 radical (unpaired) electrons. The first kappa shape index (κ1) is 13.5. The summed E-state index contributed by atoms with van der Waals surface area (Å²) in [5, 5.41) is 13.4. The highest BCUT2D eigenvalue weighted by molar-refractivity contribution is 5.06. The fourth-order valence-electron chi connectivity index (χ4n) is 2.42. The Morgan fingerprint density at radius 2 is 2.17 bits per heavy atom. The summed E-state index contributed by atoms with van der Waals surface area (Å²) in [6.45, 7) is 4.18. The molecule has 1 fully saturated rings. The van der Waals surface area contributed by atoms with Gasteiger partial charge in [-0.1, -0.05) is 5.16 Å². The summed E-state index contributed by atoms with van der Waals surface area (Å²) < 4.78 is 11.0. The lowest BCUT2D eigenvalue weighted by Crippen LogP contribution is -2.28. The molecule has 0 amide bonds. The molecule has 1 heterocycles. The van der Waals surface area contributed by atoms with Crippen LogP contribution in [0.25, 0.3) is 0 Å². The highest BCUT2D eigenvalue weighted by atomic mass is 16.5. The molecular formula is C12H21N3O3. The van der Waals surface area contributed by atoms with E-state index in [4.69, 9.17) is 15.0 Å². The Hall–Kier alpha value is -0.980. The van der Waals surface area contributed by atoms with Crippen molar-refractivity contribution in [2.75, 3.05) is 6.61 Å². The molecule has 1 aliphatic carbocycles. The zero-order chi connectivity index (χ0) is 13.2. The van der Waals surface area contributed by atoms with Crippen LogP contribution in [0.5, 0.6) is 0 Å². The van der Waals surface area contributed by atoms with Crippen molar-refractivity contribution >= 4 is 0 Å². The molecule has 6 heteroatoms. The molecule has 0 spiro atoms. The lowest BCUT2D eigenvalue weighted by molar-refractivity contribution is -0.0469. The minimum absolute atomic E-state index is 0.269. The molecule has 3 N–H and O–H groups in total. The number of ether oxygens (including phenoxy) is 1. The minimum Gasteiger partial charge on any atom is -0.391 e. The smallest absolute Gasteiger partial charge is 0.246 e. The van der Waals surface area contributed by atoms with E-state index < -0.39 is 17.7 Å². The summed E-state index contributed by atoms with van der Waals surface area (Å²) in [6, 6.07) is -0.647. The van der Waals surface area contributed by atoms with Crippen molar-refractivity contribution in [3.63, 3.8) is 0 Å². The fraction of sp³-hybridized carbons (Fsp3) is 0.833. The molecule has 1 aromatic rings. The van der Waals surface area contributed by atoms with Gasteiger partial charge in [-0.2, -0.15) is 4.98 Å². The SMILES string of the molecule is CCOC1(c2noc([C@@H](N)[C@@H](C)O)n2)CCCC1. The predicted molar refractivity (Wildman–Crippen MR) is 64.7 cm³/mol. The maximum absolute atomic E-state index is 9.43. The summed E-state index contributed by atoms with van der Waals surface area (Å²) in [5.41, 5.74) is 5.36. The van der Waals surface area contributed by atoms with Crippen LogP contribution in [0, 0.1) is 0 Å². The van der Waals surface area contributed by atoms with Crippen LogP contribution in [0.4, 0.5) is 0 Å². The molecule has 6 nitrogen and oxygen atoms in total. The van der Waals surface area contributed by atoms with E-state index in [1.165, 1.54) is 0 Å². The molecule has 1 saturated carbocycles. The maximum atomic E-state index is 9.43. The van der Waals surface area contributed by atoms with Gasteiger partial charge in [-0.15, -0.1) is 0 Å². The third-order valence-electron chi connectivity index (χ3n) is 3.49. The van der Waals surface area contributed by atoms with Gasteiger partial charge in [0.05, 0.1) is 6.10 Å². The van der Waals surface area contributed by atoms with E-state index in [1.54, 1.807) is 6.92 Å². The monoisotopic (exact) mass is 255 g/mol. The number of nitrogens with two attached hydrogens (primary N) is 1. The van der Waals surface area contributed by atoms with E-state index in [0.29, 0.717) is 12.4 Å². The third-order valence-corrected chi connectivity index (χ3v) is 3.49. The molecule has 1 aromatic heterocycles. The van der Waals surface area contributed by atoms with Crippen molar-refractivity contribution < 1.29 is 14.4 Å². The molecule has 0 aromatic carbocycles. The normalized spacial score (nSPS) is 22.0. The molecule has 2 rings (SSSR count). The van der Waals surface area contributed by atoms with Crippen molar-refractivity contribution in [3.8, 4) is 0 Å². The summed E-state index contributed by atoms with van der Waals surface area (Å²) in [6.07, 6.45) is 3.30. The molecule has 0 saturated heterocycles. The van der Waals surface area contributed by atoms with E-state index in [-0.39, 0.29) is 5.89 Å². The van der Waals surface area contributed by atoms with Gasteiger partial charge in [0.1, 0.15) is 11.6 Å². The number of aliphatic hydroxyl groups excluding tert-OH is 1. The molecule has 0 aliphatic heterocycles. The van der Waals surface area contributed by atoms with Gasteiger partial charge in [-0.3, -0.25) is 0 Å². The first-order valence-corrected chi connectivity index (χ1v) is 6.51. The fourth-order valence-corrected chi connectivity index (χ4v) is 2.42. The highest BCUT2D eigenvalue weighted by Crippen LogP contribution is 2.40. The Bertz CT molecular complexity index is 386. The first-order chi connectivity index (χ1) is 8.59. The predicted octanol–water partition coefficient (Wildman–Crippen LogP) is 1.26. The maximum Gasteiger partial charge on any atom is 0.246 e. The first-order valence-electron chi connectivity index (χ1n) is 6.51. The second-order valence-electron chi connectivity index (χ2n) is 4.86. The summed E-state index contributed by atoms with van der Waals surface area (Å²) >= 11 is 0. The van der Waals surface area contributed by atoms with Crippen molar-refractivity contribution in [1.82, 2.24) is 10.1 Å². The summed E-state index contributed by atoms with van der Waals surface area (Å²) in [7, 11) is 0. The number of hydrogen-bond donors (Lipinski definition) is 2. The van der Waals surface area contributed by atoms with Gasteiger partial charge < -0.3 is 20.1 Å². The minimum atomic E-state index is -0.718. The standard InChI is InChI=1S/C12H21N3O3/c1-3-17-12(6-4-5-7-12)11-14-10(18-15-11)9(13)8(2)16/h8-9,16H,3-7,13H2,1-2H3/t8-,9+/m1/s1. The van der Waals surface area contributed by atoms with E-state index in [2.05, 4.69) is 10.1 Å². The van der Waals surface area contributed by atoms with E-state index >= 15 is 0 Å². The molecular weight excluding hydrogens is 234 g/mol. The van der Waals surface area contributed by atoms with Crippen LogP contribution < -0.4 is 5.73 Å². The van der Waals surface area contributed by atoms with Crippen LogP contribution in [0.3, 0.4) is 0 Å². The molecule has 1 aliphatic rings. The lowest BCUT2D eigenvalue weighted by atomic mass is 10.0. The van der Waals surface area contributed by atoms with Gasteiger partial charge >= 0.3 is 0 Å². The van der Waals surface area contributed by atoms with E-state index in [9.17, 15) is 5.11 Å². The lowest BCUT2D eigenvalue weighted by Gasteiger charge is -2.24. The summed E-state index contributed by atoms with van der Waals surface area (Å²) in [5.74, 6) is 0.832. The number of rotatable bonds is 5. The topological polar surface area (TPSA) is 94.4 Å². The Morgan fingerprint density at radius 3 is 2.72 bits per heavy atom. The molecule has 102 valence electrons. The average Bonchev–Trinajstić information content (AvgIpc) is 2.96. The molecule has 2 atom stereocenters. The van der Waals surface area contributed by atoms with E-state index in [1.807, 2.05) is 6.92 Å². The van der Waals surface area contributed by atoms with Crippen molar-refractivity contribution in [2.24, 2.45) is 5.73 Å². The zero-order valence-electron chi connectivity index (χ0n) is 10.9. The van der Waals surface area contributed by atoms with Crippen LogP contribution in [-0.4, -0.2) is 28.0 Å². The Kier molecular flexibility index (Phi) is 3.99. The average molecular weight is 255 g/mol. The number of hydrogen-bond acceptors (Lipinski definition) is 6. The van der Waals surface area contributed by atoms with Crippen molar-refractivity contribution in [3.05, 3.63) is 11.7 Å². The van der Waals surface area contributed by atoms with Gasteiger partial charge in [-0.05, 0) is 39.5 Å². The largest absolute Gasteiger partial charge is 0.391 e. The second-order valence-corrected chi connectivity index (χ2v) is 4.86. The molecule has 0 unspecified atom stereocenters. The van der Waals surface area contributed by atoms with Gasteiger partial charge in [0.2, 0.25) is 11.7 Å². The Labute approximate surface area is 107 Å². The summed E-state index contributed by atoms with van der Waals surface area (Å²) in [4.78, 5) is 4.32. The number of aliphatic hydroxyl groups is 1. The Morgan fingerprint density at radius 1 is 1.50 bits per heavy atom. The van der Waals surface area contributed by atoms with Crippen LogP contribution in [-0.2, 0) is 10.3 Å². The zero-order valence-corrected chi connectivity index (χ0v) is 10.9. The van der Waals surface area contributed by atoms with E-state index in [0.717, 1.165) is 25.7 Å². The van der Waals surface area contributed by atoms with Crippen LogP contribution in [0.15, 0.2) is 4.52 Å². The van der Waals surface area contributed by atoms with Crippen LogP contribution in [0.1, 0.15) is 57.3 Å². The molecule has 0 bridgehead atoms.